The summed E-state index contributed by atoms with van der Waals surface area (Å²) in [6.45, 7) is 3.71. The Morgan fingerprint density at radius 1 is 1.26 bits per heavy atom. The second-order valence-electron chi connectivity index (χ2n) is 7.34. The summed E-state index contributed by atoms with van der Waals surface area (Å²) in [5, 5.41) is 10.8. The number of benzene rings is 1. The number of Topliss-reactive ketones (excluding diaryl/α,β-unsaturated/α-hetero) is 1. The number of carbonyl (C=O) groups excluding carboxylic acids is 3. The first-order valence-corrected chi connectivity index (χ1v) is 12.9. The molecule has 8 nitrogen and oxygen atoms in total. The van der Waals surface area contributed by atoms with E-state index >= 15 is 0 Å². The van der Waals surface area contributed by atoms with E-state index in [1.165, 1.54) is 34.7 Å². The zero-order valence-corrected chi connectivity index (χ0v) is 20.9. The average Bonchev–Trinajstić information content (AvgIpc) is 3.12. The Morgan fingerprint density at radius 2 is 2.06 bits per heavy atom. The van der Waals surface area contributed by atoms with Crippen LogP contribution in [0.3, 0.4) is 0 Å². The van der Waals surface area contributed by atoms with Crippen LogP contribution in [-0.4, -0.2) is 71.8 Å². The van der Waals surface area contributed by atoms with Crippen LogP contribution < -0.4 is 4.74 Å². The summed E-state index contributed by atoms with van der Waals surface area (Å²) < 4.78 is 14.4. The molecule has 34 heavy (non-hydrogen) atoms. The summed E-state index contributed by atoms with van der Waals surface area (Å²) in [7, 11) is 0. The van der Waals surface area contributed by atoms with Gasteiger partial charge >= 0.3 is 5.97 Å². The van der Waals surface area contributed by atoms with Gasteiger partial charge in [0.2, 0.25) is 0 Å². The highest BCUT2D eigenvalue weighted by Gasteiger charge is 2.32. The first kappa shape index (κ1) is 25.7. The van der Waals surface area contributed by atoms with Crippen molar-refractivity contribution in [2.75, 3.05) is 38.3 Å². The van der Waals surface area contributed by atoms with Crippen molar-refractivity contribution >= 4 is 47.2 Å². The van der Waals surface area contributed by atoms with Crippen molar-refractivity contribution in [3.8, 4) is 11.5 Å². The summed E-state index contributed by atoms with van der Waals surface area (Å²) in [5.74, 6) is 2.51. The van der Waals surface area contributed by atoms with E-state index in [2.05, 4.69) is 10.3 Å². The van der Waals surface area contributed by atoms with Crippen molar-refractivity contribution in [2.24, 2.45) is 4.40 Å². The zero-order valence-electron chi connectivity index (χ0n) is 19.3. The van der Waals surface area contributed by atoms with Gasteiger partial charge in [0.15, 0.2) is 12.4 Å². The minimum Gasteiger partial charge on any atom is -0.506 e. The molecule has 1 aliphatic carbocycles. The van der Waals surface area contributed by atoms with Crippen LogP contribution in [0, 0.1) is 0 Å². The van der Waals surface area contributed by atoms with Gasteiger partial charge < -0.3 is 19.5 Å². The molecule has 2 aliphatic rings. The van der Waals surface area contributed by atoms with Gasteiger partial charge in [-0.05, 0) is 60.4 Å². The SMILES string of the molecule is CCOC(=O)COc1ccc(C(=O)CN2CC3=C(C=CC(=C=NSC)C3)C2=O)c(O)c1SCC. The molecule has 0 aromatic heterocycles. The number of phenolic OH excluding ortho intramolecular Hbond substituents is 1. The number of amides is 1. The Hall–Kier alpha value is -2.94. The van der Waals surface area contributed by atoms with Crippen LogP contribution in [0.25, 0.3) is 0 Å². The van der Waals surface area contributed by atoms with E-state index in [0.717, 1.165) is 11.1 Å². The van der Waals surface area contributed by atoms with E-state index < -0.39 is 5.97 Å². The highest BCUT2D eigenvalue weighted by molar-refractivity contribution is 7.99. The molecule has 0 fully saturated rings. The highest BCUT2D eigenvalue weighted by atomic mass is 32.2. The number of thioether (sulfide) groups is 1. The van der Waals surface area contributed by atoms with Gasteiger partial charge in [0.25, 0.3) is 5.91 Å². The molecule has 10 heteroatoms. The standard InChI is InChI=1S/C24H26N2O6S2/c1-4-31-21(28)14-32-20-9-8-18(22(29)23(20)34-5-2)19(27)13-26-12-16-10-15(11-25-33-3)6-7-17(16)24(26)30/h6-9,29H,4-5,10,12-14H2,1-3H3. The predicted molar refractivity (Wildman–Crippen MR) is 133 cm³/mol. The third-order valence-electron chi connectivity index (χ3n) is 5.09. The molecule has 1 aromatic rings. The molecule has 0 atom stereocenters. The van der Waals surface area contributed by atoms with Crippen molar-refractivity contribution in [3.05, 3.63) is 46.6 Å². The molecule has 1 N–H and O–H groups in total. The van der Waals surface area contributed by atoms with Crippen molar-refractivity contribution < 1.29 is 29.0 Å². The smallest absolute Gasteiger partial charge is 0.344 e. The summed E-state index contributed by atoms with van der Waals surface area (Å²) in [6.07, 6.45) is 5.96. The summed E-state index contributed by atoms with van der Waals surface area (Å²) >= 11 is 2.60. The number of ketones is 1. The number of allylic oxidation sites excluding steroid dienone is 2. The molecule has 0 bridgehead atoms. The maximum Gasteiger partial charge on any atom is 0.344 e. The number of hydrogen-bond donors (Lipinski definition) is 1. The first-order chi connectivity index (χ1) is 16.4. The zero-order chi connectivity index (χ0) is 24.7. The van der Waals surface area contributed by atoms with Crippen LogP contribution in [0.5, 0.6) is 11.5 Å². The van der Waals surface area contributed by atoms with Gasteiger partial charge in [-0.3, -0.25) is 9.59 Å². The Bertz CT molecular complexity index is 1120. The average molecular weight is 503 g/mol. The molecule has 1 aliphatic heterocycles. The van der Waals surface area contributed by atoms with Crippen LogP contribution >= 0.6 is 23.7 Å². The third kappa shape index (κ3) is 5.94. The number of rotatable bonds is 10. The fraction of sp³-hybridized carbons (Fsp3) is 0.375. The van der Waals surface area contributed by atoms with Gasteiger partial charge in [-0.2, -0.15) is 4.40 Å². The van der Waals surface area contributed by atoms with E-state index in [0.29, 0.717) is 34.9 Å². The number of esters is 1. The van der Waals surface area contributed by atoms with Crippen molar-refractivity contribution in [3.63, 3.8) is 0 Å². The second-order valence-corrected chi connectivity index (χ2v) is 9.16. The molecule has 3 rings (SSSR count). The molecular weight excluding hydrogens is 476 g/mol. The highest BCUT2D eigenvalue weighted by Crippen LogP contribution is 2.40. The lowest BCUT2D eigenvalue weighted by Crippen LogP contribution is -2.32. The van der Waals surface area contributed by atoms with Crippen molar-refractivity contribution in [2.45, 2.75) is 25.2 Å². The molecule has 0 saturated carbocycles. The van der Waals surface area contributed by atoms with Crippen LogP contribution in [0.1, 0.15) is 30.6 Å². The Labute approximate surface area is 206 Å². The Morgan fingerprint density at radius 3 is 2.76 bits per heavy atom. The molecular formula is C24H26N2O6S2. The number of nitrogens with zero attached hydrogens (tertiary/aromatic N) is 2. The number of ether oxygens (including phenoxy) is 2. The molecule has 0 unspecified atom stereocenters. The lowest BCUT2D eigenvalue weighted by atomic mass is 9.97. The van der Waals surface area contributed by atoms with E-state index in [-0.39, 0.29) is 42.8 Å². The van der Waals surface area contributed by atoms with Crippen LogP contribution in [0.2, 0.25) is 0 Å². The number of phenols is 1. The normalized spacial score (nSPS) is 14.7. The maximum absolute atomic E-state index is 13.0. The molecule has 180 valence electrons. The number of hydrogen-bond acceptors (Lipinski definition) is 9. The van der Waals surface area contributed by atoms with Gasteiger partial charge in [0.1, 0.15) is 11.5 Å². The molecule has 1 aromatic carbocycles. The van der Waals surface area contributed by atoms with Crippen molar-refractivity contribution in [1.82, 2.24) is 4.90 Å². The van der Waals surface area contributed by atoms with E-state index in [9.17, 15) is 19.5 Å². The monoisotopic (exact) mass is 502 g/mol. The maximum atomic E-state index is 13.0. The lowest BCUT2D eigenvalue weighted by molar-refractivity contribution is -0.145. The van der Waals surface area contributed by atoms with Crippen LogP contribution in [0.4, 0.5) is 0 Å². The summed E-state index contributed by atoms with van der Waals surface area (Å²) in [4.78, 5) is 39.3. The van der Waals surface area contributed by atoms with Crippen LogP contribution in [-0.2, 0) is 14.3 Å². The molecule has 1 amide bonds. The largest absolute Gasteiger partial charge is 0.506 e. The minimum atomic E-state index is -0.523. The second kappa shape index (κ2) is 12.0. The topological polar surface area (TPSA) is 106 Å². The van der Waals surface area contributed by atoms with Crippen LogP contribution in [0.15, 0.2) is 50.3 Å². The van der Waals surface area contributed by atoms with Gasteiger partial charge in [0.05, 0.1) is 23.6 Å². The summed E-state index contributed by atoms with van der Waals surface area (Å²) in [6, 6.07) is 3.00. The van der Waals surface area contributed by atoms with Gasteiger partial charge in [-0.1, -0.05) is 6.92 Å². The summed E-state index contributed by atoms with van der Waals surface area (Å²) in [5.41, 5.74) is 2.50. The third-order valence-corrected chi connectivity index (χ3v) is 6.33. The quantitative estimate of drug-likeness (QED) is 0.170. The Kier molecular flexibility index (Phi) is 9.04. The van der Waals surface area contributed by atoms with Gasteiger partial charge in [-0.15, -0.1) is 11.8 Å². The molecule has 0 radical (unpaired) electrons. The van der Waals surface area contributed by atoms with E-state index in [1.807, 2.05) is 19.3 Å². The molecule has 0 spiro atoms. The predicted octanol–water partition coefficient (Wildman–Crippen LogP) is 3.60. The van der Waals surface area contributed by atoms with E-state index in [4.69, 9.17) is 9.47 Å². The minimum absolute atomic E-state index is 0.0975. The molecule has 1 heterocycles. The lowest BCUT2D eigenvalue weighted by Gasteiger charge is -2.18. The molecule has 0 saturated heterocycles. The van der Waals surface area contributed by atoms with Crippen molar-refractivity contribution in [1.29, 1.82) is 0 Å². The van der Waals surface area contributed by atoms with Gasteiger partial charge in [-0.25, -0.2) is 4.79 Å². The number of carbonyl (C=O) groups is 3. The first-order valence-electron chi connectivity index (χ1n) is 10.7. The van der Waals surface area contributed by atoms with Gasteiger partial charge in [0, 0.05) is 30.4 Å². The Balaban J connectivity index is 1.73. The fourth-order valence-electron chi connectivity index (χ4n) is 3.60. The number of aromatic hydroxyl groups is 1. The fourth-order valence-corrected chi connectivity index (χ4v) is 4.62. The van der Waals surface area contributed by atoms with E-state index in [1.54, 1.807) is 19.1 Å².